The number of fused-ring (bicyclic) bond motifs is 2. The Bertz CT molecular complexity index is 404. The number of carbonyl (C=O) groups is 1. The molecule has 0 amide bonds. The van der Waals surface area contributed by atoms with Crippen molar-refractivity contribution in [3.8, 4) is 0 Å². The molecule has 3 heteroatoms. The third-order valence-corrected chi connectivity index (χ3v) is 5.63. The van der Waals surface area contributed by atoms with Gasteiger partial charge in [0.25, 0.3) is 0 Å². The molecule has 1 N–H and O–H groups in total. The number of hydrogen-bond donors (Lipinski definition) is 1. The second kappa shape index (κ2) is 5.18. The van der Waals surface area contributed by atoms with E-state index in [9.17, 15) is 9.90 Å². The summed E-state index contributed by atoms with van der Waals surface area (Å²) in [6.45, 7) is 4.08. The number of rotatable bonds is 3. The van der Waals surface area contributed by atoms with Crippen molar-refractivity contribution in [2.45, 2.75) is 64.1 Å². The van der Waals surface area contributed by atoms with Crippen molar-refractivity contribution in [2.24, 2.45) is 23.7 Å². The lowest BCUT2D eigenvalue weighted by molar-refractivity contribution is -0.169. The zero-order chi connectivity index (χ0) is 14.3. The minimum absolute atomic E-state index is 0.00188. The lowest BCUT2D eigenvalue weighted by Gasteiger charge is -2.38. The average Bonchev–Trinajstić information content (AvgIpc) is 3.01. The fourth-order valence-electron chi connectivity index (χ4n) is 4.24. The predicted octanol–water partition coefficient (Wildman–Crippen LogP) is 3.07. The number of hydrogen-bond acceptors (Lipinski definition) is 3. The molecule has 0 saturated heterocycles. The van der Waals surface area contributed by atoms with Gasteiger partial charge >= 0.3 is 5.97 Å². The van der Waals surface area contributed by atoms with Gasteiger partial charge in [-0.15, -0.1) is 0 Å². The first kappa shape index (κ1) is 14.1. The molecule has 0 spiro atoms. The lowest BCUT2D eigenvalue weighted by Crippen LogP contribution is -2.41. The number of allylic oxidation sites excluding steroid dienone is 2. The van der Waals surface area contributed by atoms with E-state index in [1.54, 1.807) is 0 Å². The van der Waals surface area contributed by atoms with Crippen molar-refractivity contribution in [3.63, 3.8) is 0 Å². The minimum Gasteiger partial charge on any atom is -0.459 e. The third-order valence-electron chi connectivity index (χ3n) is 5.63. The van der Waals surface area contributed by atoms with Gasteiger partial charge < -0.3 is 9.84 Å². The molecule has 3 atom stereocenters. The van der Waals surface area contributed by atoms with Gasteiger partial charge in [-0.1, -0.05) is 12.2 Å². The topological polar surface area (TPSA) is 46.5 Å². The molecule has 0 aromatic rings. The van der Waals surface area contributed by atoms with E-state index in [4.69, 9.17) is 4.74 Å². The van der Waals surface area contributed by atoms with Crippen LogP contribution in [-0.2, 0) is 9.53 Å². The summed E-state index contributed by atoms with van der Waals surface area (Å²) in [7, 11) is 0. The molecule has 0 heterocycles. The van der Waals surface area contributed by atoms with Gasteiger partial charge in [0.15, 0.2) is 0 Å². The van der Waals surface area contributed by atoms with Crippen LogP contribution < -0.4 is 0 Å². The molecule has 0 aliphatic heterocycles. The monoisotopic (exact) mass is 278 g/mol. The Balaban J connectivity index is 1.58. The van der Waals surface area contributed by atoms with Gasteiger partial charge in [-0.25, -0.2) is 0 Å². The summed E-state index contributed by atoms with van der Waals surface area (Å²) in [5.74, 6) is 1.47. The van der Waals surface area contributed by atoms with Gasteiger partial charge in [-0.3, -0.25) is 4.79 Å². The van der Waals surface area contributed by atoms with E-state index in [0.29, 0.717) is 17.8 Å². The van der Waals surface area contributed by atoms with Crippen LogP contribution in [0.4, 0.5) is 0 Å². The summed E-state index contributed by atoms with van der Waals surface area (Å²) in [5.41, 5.74) is -0.400. The summed E-state index contributed by atoms with van der Waals surface area (Å²) in [6, 6.07) is 0. The Morgan fingerprint density at radius 1 is 1.15 bits per heavy atom. The number of carbonyl (C=O) groups excluding carboxylic acids is 1. The Morgan fingerprint density at radius 2 is 1.85 bits per heavy atom. The molecule has 112 valence electrons. The normalized spacial score (nSPS) is 40.0. The molecule has 2 saturated carbocycles. The number of aliphatic hydroxyl groups excluding tert-OH is 1. The van der Waals surface area contributed by atoms with E-state index < -0.39 is 5.60 Å². The largest absolute Gasteiger partial charge is 0.459 e. The Kier molecular flexibility index (Phi) is 3.65. The highest BCUT2D eigenvalue weighted by molar-refractivity contribution is 5.74. The number of ether oxygens (including phenoxy) is 1. The first-order valence-corrected chi connectivity index (χ1v) is 8.05. The van der Waals surface area contributed by atoms with Crippen LogP contribution in [0.3, 0.4) is 0 Å². The quantitative estimate of drug-likeness (QED) is 0.637. The van der Waals surface area contributed by atoms with Crippen molar-refractivity contribution < 1.29 is 14.6 Å². The maximum atomic E-state index is 12.5. The van der Waals surface area contributed by atoms with Crippen molar-refractivity contribution >= 4 is 5.97 Å². The standard InChI is InChI=1S/C17H26O3/c1-17(2,13-5-7-14(18)8-6-13)20-16(19)15-10-11-3-4-12(15)9-11/h3-4,11-15,18H,5-10H2,1-2H3. The molecule has 3 nitrogen and oxygen atoms in total. The van der Waals surface area contributed by atoms with E-state index in [-0.39, 0.29) is 18.0 Å². The fraction of sp³-hybridized carbons (Fsp3) is 0.824. The van der Waals surface area contributed by atoms with E-state index >= 15 is 0 Å². The van der Waals surface area contributed by atoms with Crippen LogP contribution in [0, 0.1) is 23.7 Å². The van der Waals surface area contributed by atoms with Crippen LogP contribution in [0.5, 0.6) is 0 Å². The van der Waals surface area contributed by atoms with E-state index in [1.165, 1.54) is 0 Å². The molecule has 3 rings (SSSR count). The molecule has 3 aliphatic rings. The van der Waals surface area contributed by atoms with E-state index in [2.05, 4.69) is 12.2 Å². The van der Waals surface area contributed by atoms with E-state index in [0.717, 1.165) is 38.5 Å². The highest BCUT2D eigenvalue weighted by atomic mass is 16.6. The van der Waals surface area contributed by atoms with Crippen LogP contribution in [-0.4, -0.2) is 22.8 Å². The highest BCUT2D eigenvalue weighted by Gasteiger charge is 2.44. The number of esters is 1. The summed E-state index contributed by atoms with van der Waals surface area (Å²) < 4.78 is 5.89. The van der Waals surface area contributed by atoms with Crippen molar-refractivity contribution in [3.05, 3.63) is 12.2 Å². The lowest BCUT2D eigenvalue weighted by atomic mass is 9.77. The SMILES string of the molecule is CC(C)(OC(=O)C1CC2C=CC1C2)C1CCC(O)CC1. The molecule has 0 radical (unpaired) electrons. The zero-order valence-electron chi connectivity index (χ0n) is 12.5. The Hall–Kier alpha value is -0.830. The van der Waals surface area contributed by atoms with Gasteiger partial charge in [-0.2, -0.15) is 0 Å². The van der Waals surface area contributed by atoms with Crippen LogP contribution >= 0.6 is 0 Å². The van der Waals surface area contributed by atoms with Gasteiger partial charge in [0, 0.05) is 0 Å². The summed E-state index contributed by atoms with van der Waals surface area (Å²) in [4.78, 5) is 12.5. The second-order valence-electron chi connectivity index (χ2n) is 7.42. The zero-order valence-corrected chi connectivity index (χ0v) is 12.5. The molecule has 0 aromatic heterocycles. The average molecular weight is 278 g/mol. The molecular weight excluding hydrogens is 252 g/mol. The van der Waals surface area contributed by atoms with Crippen molar-refractivity contribution in [1.29, 1.82) is 0 Å². The van der Waals surface area contributed by atoms with Crippen LogP contribution in [0.1, 0.15) is 52.4 Å². The molecule has 0 aromatic carbocycles. The fourth-order valence-corrected chi connectivity index (χ4v) is 4.24. The summed E-state index contributed by atoms with van der Waals surface area (Å²) in [6.07, 6.45) is 9.98. The van der Waals surface area contributed by atoms with E-state index in [1.807, 2.05) is 13.8 Å². The minimum atomic E-state index is -0.400. The van der Waals surface area contributed by atoms with Gasteiger partial charge in [-0.05, 0) is 70.1 Å². The second-order valence-corrected chi connectivity index (χ2v) is 7.42. The van der Waals surface area contributed by atoms with Gasteiger partial charge in [0.05, 0.1) is 12.0 Å². The van der Waals surface area contributed by atoms with Gasteiger partial charge in [0.2, 0.25) is 0 Å². The van der Waals surface area contributed by atoms with Crippen LogP contribution in [0.2, 0.25) is 0 Å². The molecular formula is C17H26O3. The smallest absolute Gasteiger partial charge is 0.310 e. The summed E-state index contributed by atoms with van der Waals surface area (Å²) >= 11 is 0. The predicted molar refractivity (Wildman–Crippen MR) is 77.0 cm³/mol. The molecule has 20 heavy (non-hydrogen) atoms. The Morgan fingerprint density at radius 3 is 2.40 bits per heavy atom. The third kappa shape index (κ3) is 2.65. The maximum absolute atomic E-state index is 12.5. The molecule has 3 unspecified atom stereocenters. The first-order valence-electron chi connectivity index (χ1n) is 8.05. The highest BCUT2D eigenvalue weighted by Crippen LogP contribution is 2.45. The van der Waals surface area contributed by atoms with Crippen LogP contribution in [0.15, 0.2) is 12.2 Å². The van der Waals surface area contributed by atoms with Gasteiger partial charge in [0.1, 0.15) is 5.60 Å². The van der Waals surface area contributed by atoms with Crippen molar-refractivity contribution in [1.82, 2.24) is 0 Å². The first-order chi connectivity index (χ1) is 9.45. The van der Waals surface area contributed by atoms with Crippen LogP contribution in [0.25, 0.3) is 0 Å². The molecule has 2 fully saturated rings. The van der Waals surface area contributed by atoms with Crippen molar-refractivity contribution in [2.75, 3.05) is 0 Å². The summed E-state index contributed by atoms with van der Waals surface area (Å²) in [5, 5.41) is 9.60. The maximum Gasteiger partial charge on any atom is 0.310 e. The Labute approximate surface area is 121 Å². The number of aliphatic hydroxyl groups is 1. The molecule has 2 bridgehead atoms. The molecule has 3 aliphatic carbocycles.